The molecule has 0 atom stereocenters. The third-order valence-corrected chi connectivity index (χ3v) is 4.22. The molecule has 1 saturated carbocycles. The van der Waals surface area contributed by atoms with Crippen molar-refractivity contribution in [3.63, 3.8) is 0 Å². The molecule has 15 heavy (non-hydrogen) atoms. The third kappa shape index (κ3) is 2.62. The molecule has 1 aromatic rings. The summed E-state index contributed by atoms with van der Waals surface area (Å²) in [5, 5.41) is 3.41. The van der Waals surface area contributed by atoms with Crippen LogP contribution in [0.1, 0.15) is 24.4 Å². The molecule has 0 aromatic carbocycles. The molecular weight excluding hydrogens is 206 g/mol. The lowest BCUT2D eigenvalue weighted by molar-refractivity contribution is 0.924. The molecule has 3 nitrogen and oxygen atoms in total. The second-order valence-electron chi connectivity index (χ2n) is 4.18. The number of anilines is 1. The Kier molecular flexibility index (Phi) is 2.87. The van der Waals surface area contributed by atoms with Crippen LogP contribution in [0.5, 0.6) is 0 Å². The van der Waals surface area contributed by atoms with Crippen LogP contribution in [-0.2, 0) is 0 Å². The summed E-state index contributed by atoms with van der Waals surface area (Å²) in [7, 11) is 0. The van der Waals surface area contributed by atoms with Crippen LogP contribution in [-0.4, -0.2) is 27.5 Å². The highest BCUT2D eigenvalue weighted by molar-refractivity contribution is 8.00. The van der Waals surface area contributed by atoms with Gasteiger partial charge in [0.1, 0.15) is 11.6 Å². The Hall–Kier alpha value is -0.770. The Morgan fingerprint density at radius 3 is 2.67 bits per heavy atom. The molecule has 1 fully saturated rings. The standard InChI is InChI=1S/C11H17N3S/c1-8-6-10(14-9(2)13-8)12-7-11(15-3)4-5-11/h6H,4-5,7H2,1-3H3,(H,12,13,14). The van der Waals surface area contributed by atoms with Crippen LogP contribution in [0.25, 0.3) is 0 Å². The van der Waals surface area contributed by atoms with Gasteiger partial charge in [0.15, 0.2) is 0 Å². The average Bonchev–Trinajstić information content (AvgIpc) is 2.94. The number of aromatic nitrogens is 2. The van der Waals surface area contributed by atoms with Crippen molar-refractivity contribution in [1.29, 1.82) is 0 Å². The van der Waals surface area contributed by atoms with E-state index < -0.39 is 0 Å². The zero-order valence-corrected chi connectivity index (χ0v) is 10.3. The summed E-state index contributed by atoms with van der Waals surface area (Å²) in [5.41, 5.74) is 1.03. The fourth-order valence-corrected chi connectivity index (χ4v) is 2.38. The molecule has 1 N–H and O–H groups in total. The highest BCUT2D eigenvalue weighted by Gasteiger charge is 2.41. The Morgan fingerprint density at radius 2 is 2.13 bits per heavy atom. The van der Waals surface area contributed by atoms with Gasteiger partial charge in [0, 0.05) is 23.1 Å². The molecule has 1 aliphatic rings. The van der Waals surface area contributed by atoms with Crippen molar-refractivity contribution >= 4 is 17.6 Å². The Labute approximate surface area is 95.1 Å². The minimum atomic E-state index is 0.479. The second-order valence-corrected chi connectivity index (χ2v) is 5.46. The van der Waals surface area contributed by atoms with Gasteiger partial charge in [-0.1, -0.05) is 0 Å². The van der Waals surface area contributed by atoms with E-state index in [9.17, 15) is 0 Å². The minimum Gasteiger partial charge on any atom is -0.369 e. The van der Waals surface area contributed by atoms with Gasteiger partial charge in [-0.2, -0.15) is 11.8 Å². The number of aryl methyl sites for hydroxylation is 2. The van der Waals surface area contributed by atoms with Gasteiger partial charge < -0.3 is 5.32 Å². The first kappa shape index (κ1) is 10.7. The first-order valence-corrected chi connectivity index (χ1v) is 6.47. The van der Waals surface area contributed by atoms with Crippen molar-refractivity contribution in [2.24, 2.45) is 0 Å². The maximum Gasteiger partial charge on any atom is 0.129 e. The van der Waals surface area contributed by atoms with E-state index in [2.05, 4.69) is 21.5 Å². The van der Waals surface area contributed by atoms with Gasteiger partial charge in [0.25, 0.3) is 0 Å². The highest BCUT2D eigenvalue weighted by atomic mass is 32.2. The van der Waals surface area contributed by atoms with Gasteiger partial charge in [0.05, 0.1) is 0 Å². The number of hydrogen-bond acceptors (Lipinski definition) is 4. The zero-order chi connectivity index (χ0) is 10.9. The number of rotatable bonds is 4. The number of nitrogens with one attached hydrogen (secondary N) is 1. The van der Waals surface area contributed by atoms with Crippen molar-refractivity contribution in [3.8, 4) is 0 Å². The Bertz CT molecular complexity index is 341. The first-order chi connectivity index (χ1) is 7.13. The molecule has 0 saturated heterocycles. The van der Waals surface area contributed by atoms with Crippen LogP contribution in [0, 0.1) is 13.8 Å². The van der Waals surface area contributed by atoms with E-state index in [1.54, 1.807) is 0 Å². The molecule has 0 unspecified atom stereocenters. The molecule has 1 heterocycles. The summed E-state index contributed by atoms with van der Waals surface area (Å²) < 4.78 is 0.479. The Morgan fingerprint density at radius 1 is 1.40 bits per heavy atom. The quantitative estimate of drug-likeness (QED) is 0.850. The average molecular weight is 223 g/mol. The lowest BCUT2D eigenvalue weighted by Gasteiger charge is -2.13. The van der Waals surface area contributed by atoms with E-state index in [4.69, 9.17) is 0 Å². The molecule has 82 valence electrons. The van der Waals surface area contributed by atoms with Gasteiger partial charge in [-0.15, -0.1) is 0 Å². The van der Waals surface area contributed by atoms with Crippen LogP contribution in [0.4, 0.5) is 5.82 Å². The summed E-state index contributed by atoms with van der Waals surface area (Å²) >= 11 is 1.96. The van der Waals surface area contributed by atoms with Crippen molar-refractivity contribution in [3.05, 3.63) is 17.6 Å². The normalized spacial score (nSPS) is 17.5. The summed E-state index contributed by atoms with van der Waals surface area (Å²) in [6.07, 6.45) is 4.83. The summed E-state index contributed by atoms with van der Waals surface area (Å²) in [4.78, 5) is 8.63. The molecule has 0 radical (unpaired) electrons. The van der Waals surface area contributed by atoms with Crippen LogP contribution in [0.2, 0.25) is 0 Å². The maximum absolute atomic E-state index is 4.37. The fraction of sp³-hybridized carbons (Fsp3) is 0.636. The highest BCUT2D eigenvalue weighted by Crippen LogP contribution is 2.46. The van der Waals surface area contributed by atoms with Gasteiger partial charge in [-0.05, 0) is 32.9 Å². The molecular formula is C11H17N3S. The zero-order valence-electron chi connectivity index (χ0n) is 9.50. The predicted molar refractivity (Wildman–Crippen MR) is 65.5 cm³/mol. The lowest BCUT2D eigenvalue weighted by atomic mass is 10.3. The van der Waals surface area contributed by atoms with E-state index in [0.717, 1.165) is 23.9 Å². The summed E-state index contributed by atoms with van der Waals surface area (Å²) in [6.45, 7) is 4.95. The van der Waals surface area contributed by atoms with E-state index in [1.165, 1.54) is 12.8 Å². The van der Waals surface area contributed by atoms with E-state index in [0.29, 0.717) is 4.75 Å². The maximum atomic E-state index is 4.37. The van der Waals surface area contributed by atoms with Crippen molar-refractivity contribution in [1.82, 2.24) is 9.97 Å². The monoisotopic (exact) mass is 223 g/mol. The summed E-state index contributed by atoms with van der Waals surface area (Å²) in [6, 6.07) is 2.00. The van der Waals surface area contributed by atoms with Crippen LogP contribution >= 0.6 is 11.8 Å². The SMILES string of the molecule is CSC1(CNc2cc(C)nc(C)n2)CC1. The minimum absolute atomic E-state index is 0.479. The van der Waals surface area contributed by atoms with Crippen LogP contribution in [0.15, 0.2) is 6.07 Å². The predicted octanol–water partition coefficient (Wildman–Crippen LogP) is 2.40. The number of nitrogens with zero attached hydrogens (tertiary/aromatic N) is 2. The Balaban J connectivity index is 1.99. The topological polar surface area (TPSA) is 37.8 Å². The second kappa shape index (κ2) is 4.00. The largest absolute Gasteiger partial charge is 0.369 e. The third-order valence-electron chi connectivity index (χ3n) is 2.80. The van der Waals surface area contributed by atoms with E-state index in [-0.39, 0.29) is 0 Å². The first-order valence-electron chi connectivity index (χ1n) is 5.25. The molecule has 0 spiro atoms. The molecule has 1 aromatic heterocycles. The lowest BCUT2D eigenvalue weighted by Crippen LogP contribution is -2.18. The van der Waals surface area contributed by atoms with Crippen molar-refractivity contribution in [2.75, 3.05) is 18.1 Å². The van der Waals surface area contributed by atoms with Gasteiger partial charge in [0.2, 0.25) is 0 Å². The van der Waals surface area contributed by atoms with Gasteiger partial charge >= 0.3 is 0 Å². The van der Waals surface area contributed by atoms with Gasteiger partial charge in [-0.25, -0.2) is 9.97 Å². The smallest absolute Gasteiger partial charge is 0.129 e. The van der Waals surface area contributed by atoms with Crippen molar-refractivity contribution < 1.29 is 0 Å². The van der Waals surface area contributed by atoms with E-state index >= 15 is 0 Å². The fourth-order valence-electron chi connectivity index (χ4n) is 1.65. The molecule has 2 rings (SSSR count). The molecule has 1 aliphatic carbocycles. The molecule has 0 aliphatic heterocycles. The van der Waals surface area contributed by atoms with Crippen molar-refractivity contribution in [2.45, 2.75) is 31.4 Å². The molecule has 0 amide bonds. The van der Waals surface area contributed by atoms with Crippen LogP contribution in [0.3, 0.4) is 0 Å². The number of thioether (sulfide) groups is 1. The molecule has 0 bridgehead atoms. The van der Waals surface area contributed by atoms with Crippen LogP contribution < -0.4 is 5.32 Å². The molecule has 4 heteroatoms. The number of hydrogen-bond donors (Lipinski definition) is 1. The van der Waals surface area contributed by atoms with E-state index in [1.807, 2.05) is 31.7 Å². The summed E-state index contributed by atoms with van der Waals surface area (Å²) in [5.74, 6) is 1.80. The van der Waals surface area contributed by atoms with Gasteiger partial charge in [-0.3, -0.25) is 0 Å².